The number of hydrogen-bond acceptors (Lipinski definition) is 6. The van der Waals surface area contributed by atoms with Gasteiger partial charge in [-0.25, -0.2) is 0 Å². The highest BCUT2D eigenvalue weighted by Gasteiger charge is 2.52. The van der Waals surface area contributed by atoms with E-state index in [1.807, 2.05) is 91.0 Å². The van der Waals surface area contributed by atoms with Crippen LogP contribution in [0, 0.1) is 0 Å². The molecular formula is C29H31NO6. The van der Waals surface area contributed by atoms with Crippen LogP contribution in [0.5, 0.6) is 0 Å². The number of hydrogen-bond donors (Lipinski definition) is 1. The van der Waals surface area contributed by atoms with Crippen LogP contribution in [0.3, 0.4) is 0 Å². The summed E-state index contributed by atoms with van der Waals surface area (Å²) in [6, 6.07) is 28.2. The zero-order valence-corrected chi connectivity index (χ0v) is 20.2. The van der Waals surface area contributed by atoms with Crippen molar-refractivity contribution in [1.29, 1.82) is 0 Å². The molecule has 2 fully saturated rings. The molecule has 0 spiro atoms. The van der Waals surface area contributed by atoms with Crippen LogP contribution >= 0.6 is 0 Å². The lowest BCUT2D eigenvalue weighted by Crippen LogP contribution is -2.67. The van der Waals surface area contributed by atoms with E-state index in [4.69, 9.17) is 18.9 Å². The molecule has 2 aliphatic heterocycles. The predicted octanol–water partition coefficient (Wildman–Crippen LogP) is 3.82. The van der Waals surface area contributed by atoms with Crippen LogP contribution < -0.4 is 0 Å². The van der Waals surface area contributed by atoms with Gasteiger partial charge in [-0.2, -0.15) is 0 Å². The first-order valence-corrected chi connectivity index (χ1v) is 12.2. The van der Waals surface area contributed by atoms with E-state index >= 15 is 0 Å². The largest absolute Gasteiger partial charge is 0.388 e. The molecular weight excluding hydrogens is 458 g/mol. The molecule has 0 saturated carbocycles. The van der Waals surface area contributed by atoms with Gasteiger partial charge in [-0.3, -0.25) is 4.79 Å². The van der Waals surface area contributed by atoms with Crippen molar-refractivity contribution in [2.45, 2.75) is 57.0 Å². The van der Waals surface area contributed by atoms with Gasteiger partial charge in [0.1, 0.15) is 24.4 Å². The molecule has 2 heterocycles. The highest BCUT2D eigenvalue weighted by atomic mass is 16.7. The van der Waals surface area contributed by atoms with E-state index in [1.54, 1.807) is 4.90 Å². The number of carbonyl (C=O) groups excluding carboxylic acids is 1. The highest BCUT2D eigenvalue weighted by molar-refractivity contribution is 5.73. The van der Waals surface area contributed by atoms with Crippen molar-refractivity contribution in [3.05, 3.63) is 108 Å². The highest BCUT2D eigenvalue weighted by Crippen LogP contribution is 2.36. The van der Waals surface area contributed by atoms with Crippen LogP contribution in [-0.2, 0) is 36.9 Å². The van der Waals surface area contributed by atoms with Gasteiger partial charge in [0.2, 0.25) is 5.91 Å². The molecule has 0 unspecified atom stereocenters. The maximum Gasteiger partial charge on any atom is 0.220 e. The van der Waals surface area contributed by atoms with Crippen LogP contribution in [0.25, 0.3) is 0 Å². The first-order chi connectivity index (χ1) is 17.6. The molecule has 36 heavy (non-hydrogen) atoms. The summed E-state index contributed by atoms with van der Waals surface area (Å²) >= 11 is 0. The first-order valence-electron chi connectivity index (χ1n) is 12.2. The fraction of sp³-hybridized carbons (Fsp3) is 0.345. The van der Waals surface area contributed by atoms with E-state index in [0.29, 0.717) is 6.54 Å². The summed E-state index contributed by atoms with van der Waals surface area (Å²) in [5, 5.41) is 11.7. The quantitative estimate of drug-likeness (QED) is 0.544. The molecule has 7 heteroatoms. The third-order valence-electron chi connectivity index (χ3n) is 6.62. The van der Waals surface area contributed by atoms with Crippen LogP contribution in [0.1, 0.15) is 29.9 Å². The van der Waals surface area contributed by atoms with E-state index in [9.17, 15) is 9.90 Å². The molecule has 0 radical (unpaired) electrons. The van der Waals surface area contributed by atoms with E-state index in [-0.39, 0.29) is 19.1 Å². The lowest BCUT2D eigenvalue weighted by atomic mass is 9.94. The van der Waals surface area contributed by atoms with Gasteiger partial charge in [-0.15, -0.1) is 0 Å². The monoisotopic (exact) mass is 489 g/mol. The zero-order valence-electron chi connectivity index (χ0n) is 20.2. The molecule has 1 amide bonds. The number of aliphatic hydroxyl groups excluding tert-OH is 1. The molecule has 6 atom stereocenters. The number of rotatable bonds is 7. The summed E-state index contributed by atoms with van der Waals surface area (Å²) in [6.07, 6.45) is -3.78. The molecule has 1 N–H and O–H groups in total. The Morgan fingerprint density at radius 3 is 2.17 bits per heavy atom. The SMILES string of the molecule is CC(=O)N(Cc1ccccc1)[C@H]1[C@@H](OCc2ccccc2)O[C@@H]2CO[C@@H](c3ccccc3)O[C@H]2[C@@H]1O. The van der Waals surface area contributed by atoms with Crippen molar-refractivity contribution < 1.29 is 28.8 Å². The normalized spacial score (nSPS) is 27.7. The second-order valence-corrected chi connectivity index (χ2v) is 9.13. The molecule has 7 nitrogen and oxygen atoms in total. The first kappa shape index (κ1) is 24.6. The van der Waals surface area contributed by atoms with E-state index in [1.165, 1.54) is 6.92 Å². The van der Waals surface area contributed by atoms with Crippen molar-refractivity contribution in [3.8, 4) is 0 Å². The van der Waals surface area contributed by atoms with E-state index < -0.39 is 36.9 Å². The lowest BCUT2D eigenvalue weighted by molar-refractivity contribution is -0.353. The third kappa shape index (κ3) is 5.51. The summed E-state index contributed by atoms with van der Waals surface area (Å²) in [7, 11) is 0. The maximum absolute atomic E-state index is 12.9. The standard InChI is InChI=1S/C29H31NO6/c1-20(31)30(17-21-11-5-2-6-12-21)25-26(32)27-24(19-34-28(36-27)23-15-9-4-10-16-23)35-29(25)33-18-22-13-7-3-8-14-22/h2-16,24-29,32H,17-19H2,1H3/t24-,25-,26-,27-,28-,29+/m1/s1. The van der Waals surface area contributed by atoms with E-state index in [0.717, 1.165) is 16.7 Å². The molecule has 2 saturated heterocycles. The van der Waals surface area contributed by atoms with Crippen LogP contribution in [0.4, 0.5) is 0 Å². The minimum Gasteiger partial charge on any atom is -0.388 e. The van der Waals surface area contributed by atoms with Crippen LogP contribution in [0.15, 0.2) is 91.0 Å². The van der Waals surface area contributed by atoms with Gasteiger partial charge in [0, 0.05) is 19.0 Å². The van der Waals surface area contributed by atoms with Crippen molar-refractivity contribution in [1.82, 2.24) is 4.90 Å². The summed E-state index contributed by atoms with van der Waals surface area (Å²) in [4.78, 5) is 14.5. The number of carbonyl (C=O) groups is 1. The van der Waals surface area contributed by atoms with Gasteiger partial charge in [-0.1, -0.05) is 91.0 Å². The number of fused-ring (bicyclic) bond motifs is 1. The second-order valence-electron chi connectivity index (χ2n) is 9.13. The number of nitrogens with zero attached hydrogens (tertiary/aromatic N) is 1. The number of amides is 1. The van der Waals surface area contributed by atoms with Crippen molar-refractivity contribution in [2.75, 3.05) is 6.61 Å². The number of ether oxygens (including phenoxy) is 4. The Morgan fingerprint density at radius 2 is 1.53 bits per heavy atom. The van der Waals surface area contributed by atoms with Gasteiger partial charge in [0.05, 0.1) is 13.2 Å². The minimum atomic E-state index is -1.05. The molecule has 2 aliphatic rings. The molecule has 5 rings (SSSR count). The average molecular weight is 490 g/mol. The summed E-state index contributed by atoms with van der Waals surface area (Å²) in [5.74, 6) is -0.190. The Hall–Kier alpha value is -3.07. The van der Waals surface area contributed by atoms with Gasteiger partial charge in [0.25, 0.3) is 0 Å². The van der Waals surface area contributed by atoms with Crippen molar-refractivity contribution in [2.24, 2.45) is 0 Å². The van der Waals surface area contributed by atoms with Crippen LogP contribution in [-0.4, -0.2) is 53.2 Å². The smallest absolute Gasteiger partial charge is 0.220 e. The fourth-order valence-electron chi connectivity index (χ4n) is 4.79. The van der Waals surface area contributed by atoms with Crippen LogP contribution in [0.2, 0.25) is 0 Å². The average Bonchev–Trinajstić information content (AvgIpc) is 2.92. The van der Waals surface area contributed by atoms with Crippen molar-refractivity contribution in [3.63, 3.8) is 0 Å². The second kappa shape index (κ2) is 11.3. The Balaban J connectivity index is 1.41. The van der Waals surface area contributed by atoms with Crippen molar-refractivity contribution >= 4 is 5.91 Å². The zero-order chi connectivity index (χ0) is 24.9. The maximum atomic E-state index is 12.9. The Bertz CT molecular complexity index is 1110. The minimum absolute atomic E-state index is 0.190. The topological polar surface area (TPSA) is 77.5 Å². The molecule has 0 aliphatic carbocycles. The summed E-state index contributed by atoms with van der Waals surface area (Å²) < 4.78 is 24.7. The molecule has 0 bridgehead atoms. The molecule has 188 valence electrons. The fourth-order valence-corrected chi connectivity index (χ4v) is 4.79. The Kier molecular flexibility index (Phi) is 7.75. The van der Waals surface area contributed by atoms with Gasteiger partial charge in [-0.05, 0) is 11.1 Å². The van der Waals surface area contributed by atoms with E-state index in [2.05, 4.69) is 0 Å². The number of benzene rings is 3. The Labute approximate surface area is 211 Å². The molecule has 3 aromatic carbocycles. The molecule has 3 aromatic rings. The molecule has 0 aromatic heterocycles. The predicted molar refractivity (Wildman–Crippen MR) is 132 cm³/mol. The third-order valence-corrected chi connectivity index (χ3v) is 6.62. The van der Waals surface area contributed by atoms with Gasteiger partial charge in [0.15, 0.2) is 12.6 Å². The summed E-state index contributed by atoms with van der Waals surface area (Å²) in [5.41, 5.74) is 2.77. The van der Waals surface area contributed by atoms with Gasteiger partial charge >= 0.3 is 0 Å². The lowest BCUT2D eigenvalue weighted by Gasteiger charge is -2.50. The summed E-state index contributed by atoms with van der Waals surface area (Å²) in [6.45, 7) is 2.31. The van der Waals surface area contributed by atoms with Gasteiger partial charge < -0.3 is 29.0 Å². The Morgan fingerprint density at radius 1 is 0.917 bits per heavy atom. The number of aliphatic hydroxyl groups is 1.